The number of amides is 1. The van der Waals surface area contributed by atoms with Gasteiger partial charge in [-0.3, -0.25) is 9.59 Å². The summed E-state index contributed by atoms with van der Waals surface area (Å²) in [6.45, 7) is 6.99. The highest BCUT2D eigenvalue weighted by Gasteiger charge is 2.45. The largest absolute Gasteiger partial charge is 0.507 e. The summed E-state index contributed by atoms with van der Waals surface area (Å²) in [6, 6.07) is 14.0. The number of carbonyl (C=O) groups is 2. The van der Waals surface area contributed by atoms with E-state index < -0.39 is 17.7 Å². The number of aryl methyl sites for hydroxylation is 1. The number of likely N-dealkylation sites (tertiary alicyclic amines) is 1. The molecule has 1 saturated heterocycles. The van der Waals surface area contributed by atoms with Crippen LogP contribution in [0.4, 0.5) is 0 Å². The molecular weight excluding hydrogens is 378 g/mol. The van der Waals surface area contributed by atoms with Gasteiger partial charge in [0.1, 0.15) is 11.5 Å². The number of rotatable bonds is 8. The summed E-state index contributed by atoms with van der Waals surface area (Å²) in [6.07, 6.45) is 2.79. The van der Waals surface area contributed by atoms with E-state index in [1.807, 2.05) is 50.2 Å². The molecule has 0 bridgehead atoms. The van der Waals surface area contributed by atoms with E-state index in [0.717, 1.165) is 36.1 Å². The van der Waals surface area contributed by atoms with E-state index in [0.29, 0.717) is 18.7 Å². The van der Waals surface area contributed by atoms with Crippen LogP contribution < -0.4 is 4.74 Å². The van der Waals surface area contributed by atoms with Crippen molar-refractivity contribution in [1.82, 2.24) is 4.90 Å². The van der Waals surface area contributed by atoms with Gasteiger partial charge in [0.2, 0.25) is 0 Å². The minimum atomic E-state index is -0.636. The average Bonchev–Trinajstić information content (AvgIpc) is 3.00. The van der Waals surface area contributed by atoms with Gasteiger partial charge in [-0.25, -0.2) is 0 Å². The molecule has 1 fully saturated rings. The van der Waals surface area contributed by atoms with Gasteiger partial charge in [0.05, 0.1) is 18.2 Å². The van der Waals surface area contributed by atoms with Crippen LogP contribution in [0.2, 0.25) is 0 Å². The van der Waals surface area contributed by atoms with Crippen molar-refractivity contribution in [2.45, 2.75) is 46.1 Å². The van der Waals surface area contributed by atoms with Crippen molar-refractivity contribution in [2.75, 3.05) is 13.2 Å². The van der Waals surface area contributed by atoms with Crippen LogP contribution in [0.15, 0.2) is 54.1 Å². The Labute approximate surface area is 178 Å². The van der Waals surface area contributed by atoms with Crippen molar-refractivity contribution in [1.29, 1.82) is 0 Å². The van der Waals surface area contributed by atoms with Crippen LogP contribution in [0.3, 0.4) is 0 Å². The maximum Gasteiger partial charge on any atom is 0.295 e. The highest BCUT2D eigenvalue weighted by Crippen LogP contribution is 2.40. The molecule has 1 amide bonds. The molecule has 0 saturated carbocycles. The number of carbonyl (C=O) groups excluding carboxylic acids is 2. The Bertz CT molecular complexity index is 929. The lowest BCUT2D eigenvalue weighted by atomic mass is 9.95. The Balaban J connectivity index is 2.07. The molecule has 2 aromatic carbocycles. The normalized spacial score (nSPS) is 18.1. The Hall–Kier alpha value is -3.08. The molecule has 5 heteroatoms. The number of unbranched alkanes of at least 4 members (excludes halogenated alkanes) is 2. The van der Waals surface area contributed by atoms with Crippen molar-refractivity contribution in [3.8, 4) is 5.75 Å². The lowest BCUT2D eigenvalue weighted by molar-refractivity contribution is -0.139. The molecule has 1 unspecified atom stereocenters. The number of ketones is 1. The summed E-state index contributed by atoms with van der Waals surface area (Å²) < 4.78 is 5.52. The van der Waals surface area contributed by atoms with Gasteiger partial charge < -0.3 is 14.7 Å². The molecule has 0 aliphatic carbocycles. The second-order valence-corrected chi connectivity index (χ2v) is 7.57. The fourth-order valence-corrected chi connectivity index (χ4v) is 3.77. The molecule has 1 atom stereocenters. The van der Waals surface area contributed by atoms with Gasteiger partial charge in [0, 0.05) is 12.1 Å². The molecule has 30 heavy (non-hydrogen) atoms. The second-order valence-electron chi connectivity index (χ2n) is 7.57. The molecule has 0 aromatic heterocycles. The van der Waals surface area contributed by atoms with E-state index in [1.54, 1.807) is 17.0 Å². The standard InChI is InChI=1S/C25H29NO4/c1-4-6-7-16-26-22(18-12-14-20(15-13-18)30-5-2)21(24(28)25(26)29)23(27)19-10-8-17(3)9-11-19/h8-15,22,27H,4-7,16H2,1-3H3/b23-21-. The number of Topliss-reactive ketones (excluding diaryl/α,β-unsaturated/α-hetero) is 1. The predicted molar refractivity (Wildman–Crippen MR) is 117 cm³/mol. The summed E-state index contributed by atoms with van der Waals surface area (Å²) in [5.74, 6) is -0.602. The van der Waals surface area contributed by atoms with Gasteiger partial charge in [0.15, 0.2) is 0 Å². The quantitative estimate of drug-likeness (QED) is 0.289. The van der Waals surface area contributed by atoms with Crippen LogP contribution >= 0.6 is 0 Å². The maximum atomic E-state index is 12.9. The third-order valence-corrected chi connectivity index (χ3v) is 5.37. The smallest absolute Gasteiger partial charge is 0.295 e. The number of aliphatic hydroxyl groups is 1. The molecule has 158 valence electrons. The molecule has 0 radical (unpaired) electrons. The predicted octanol–water partition coefficient (Wildman–Crippen LogP) is 5.01. The average molecular weight is 408 g/mol. The Morgan fingerprint density at radius 1 is 1.00 bits per heavy atom. The molecule has 2 aromatic rings. The zero-order chi connectivity index (χ0) is 21.7. The van der Waals surface area contributed by atoms with Crippen LogP contribution in [-0.4, -0.2) is 34.8 Å². The first-order valence-electron chi connectivity index (χ1n) is 10.6. The fraction of sp³-hybridized carbons (Fsp3) is 0.360. The SMILES string of the molecule is CCCCCN1C(=O)C(=O)/C(=C(\O)c2ccc(C)cc2)C1c1ccc(OCC)cc1. The minimum Gasteiger partial charge on any atom is -0.507 e. The number of hydrogen-bond acceptors (Lipinski definition) is 4. The third kappa shape index (κ3) is 4.40. The Morgan fingerprint density at radius 2 is 1.67 bits per heavy atom. The molecule has 5 nitrogen and oxygen atoms in total. The second kappa shape index (κ2) is 9.61. The van der Waals surface area contributed by atoms with E-state index in [-0.39, 0.29) is 11.3 Å². The number of ether oxygens (including phenoxy) is 1. The molecule has 1 aliphatic rings. The number of benzene rings is 2. The number of nitrogens with zero attached hydrogens (tertiary/aromatic N) is 1. The number of aliphatic hydroxyl groups excluding tert-OH is 1. The number of hydrogen-bond donors (Lipinski definition) is 1. The van der Waals surface area contributed by atoms with E-state index in [4.69, 9.17) is 4.74 Å². The first-order chi connectivity index (χ1) is 14.5. The van der Waals surface area contributed by atoms with Crippen molar-refractivity contribution in [3.05, 3.63) is 70.8 Å². The summed E-state index contributed by atoms with van der Waals surface area (Å²) in [5, 5.41) is 11.0. The van der Waals surface area contributed by atoms with Crippen LogP contribution in [0.1, 0.15) is 55.8 Å². The topological polar surface area (TPSA) is 66.8 Å². The van der Waals surface area contributed by atoms with E-state index in [2.05, 4.69) is 6.92 Å². The molecular formula is C25H29NO4. The summed E-state index contributed by atoms with van der Waals surface area (Å²) >= 11 is 0. The van der Waals surface area contributed by atoms with Crippen molar-refractivity contribution in [2.24, 2.45) is 0 Å². The Morgan fingerprint density at radius 3 is 2.27 bits per heavy atom. The van der Waals surface area contributed by atoms with Crippen molar-refractivity contribution < 1.29 is 19.4 Å². The highest BCUT2D eigenvalue weighted by atomic mass is 16.5. The molecule has 0 spiro atoms. The zero-order valence-electron chi connectivity index (χ0n) is 17.9. The van der Waals surface area contributed by atoms with Crippen LogP contribution in [0.5, 0.6) is 5.75 Å². The van der Waals surface area contributed by atoms with Gasteiger partial charge in [-0.2, -0.15) is 0 Å². The van der Waals surface area contributed by atoms with E-state index in [9.17, 15) is 14.7 Å². The highest BCUT2D eigenvalue weighted by molar-refractivity contribution is 6.46. The zero-order valence-corrected chi connectivity index (χ0v) is 17.9. The lowest BCUT2D eigenvalue weighted by Gasteiger charge is -2.25. The first-order valence-corrected chi connectivity index (χ1v) is 10.6. The van der Waals surface area contributed by atoms with Gasteiger partial charge in [-0.15, -0.1) is 0 Å². The van der Waals surface area contributed by atoms with Crippen LogP contribution in [-0.2, 0) is 9.59 Å². The molecule has 1 heterocycles. The molecule has 3 rings (SSSR count). The van der Waals surface area contributed by atoms with E-state index in [1.165, 1.54) is 0 Å². The third-order valence-electron chi connectivity index (χ3n) is 5.37. The summed E-state index contributed by atoms with van der Waals surface area (Å²) in [4.78, 5) is 27.4. The summed E-state index contributed by atoms with van der Waals surface area (Å²) in [5.41, 5.74) is 2.50. The summed E-state index contributed by atoms with van der Waals surface area (Å²) in [7, 11) is 0. The lowest BCUT2D eigenvalue weighted by Crippen LogP contribution is -2.30. The first kappa shape index (κ1) is 21.6. The van der Waals surface area contributed by atoms with E-state index >= 15 is 0 Å². The molecule has 1 aliphatic heterocycles. The maximum absolute atomic E-state index is 12.9. The van der Waals surface area contributed by atoms with Crippen molar-refractivity contribution in [3.63, 3.8) is 0 Å². The van der Waals surface area contributed by atoms with Gasteiger partial charge in [0.25, 0.3) is 11.7 Å². The van der Waals surface area contributed by atoms with Crippen molar-refractivity contribution >= 4 is 17.4 Å². The monoisotopic (exact) mass is 407 g/mol. The van der Waals surface area contributed by atoms with Gasteiger partial charge in [-0.1, -0.05) is 61.7 Å². The molecule has 1 N–H and O–H groups in total. The van der Waals surface area contributed by atoms with Gasteiger partial charge >= 0.3 is 0 Å². The van der Waals surface area contributed by atoms with Crippen LogP contribution in [0, 0.1) is 6.92 Å². The van der Waals surface area contributed by atoms with Crippen LogP contribution in [0.25, 0.3) is 5.76 Å². The van der Waals surface area contributed by atoms with Gasteiger partial charge in [-0.05, 0) is 38.0 Å². The fourth-order valence-electron chi connectivity index (χ4n) is 3.77. The Kier molecular flexibility index (Phi) is 6.93. The minimum absolute atomic E-state index is 0.134.